The first kappa shape index (κ1) is 9.47. The van der Waals surface area contributed by atoms with Crippen LogP contribution < -0.4 is 5.73 Å². The van der Waals surface area contributed by atoms with Gasteiger partial charge in [0.05, 0.1) is 0 Å². The van der Waals surface area contributed by atoms with Crippen LogP contribution in [0.1, 0.15) is 39.5 Å². The number of piperidine rings is 1. The van der Waals surface area contributed by atoms with Gasteiger partial charge < -0.3 is 10.6 Å². The maximum atomic E-state index is 6.15. The summed E-state index contributed by atoms with van der Waals surface area (Å²) in [5, 5.41) is 0. The largest absolute Gasteiger partial charge is 0.325 e. The van der Waals surface area contributed by atoms with Gasteiger partial charge in [0.2, 0.25) is 0 Å². The number of hydrogen-bond acceptors (Lipinski definition) is 2. The van der Waals surface area contributed by atoms with Crippen LogP contribution in [-0.2, 0) is 0 Å². The first-order valence-corrected chi connectivity index (χ1v) is 5.44. The molecule has 1 saturated carbocycles. The predicted molar refractivity (Wildman–Crippen MR) is 55.6 cm³/mol. The minimum Gasteiger partial charge on any atom is -0.325 e. The molecule has 2 heteroatoms. The fourth-order valence-electron chi connectivity index (χ4n) is 2.63. The molecular formula is C11H22N2. The lowest BCUT2D eigenvalue weighted by atomic mass is 9.80. The van der Waals surface area contributed by atoms with Crippen LogP contribution >= 0.6 is 0 Å². The molecule has 1 spiro atoms. The van der Waals surface area contributed by atoms with E-state index in [0.29, 0.717) is 11.5 Å². The topological polar surface area (TPSA) is 29.3 Å². The number of nitrogens with zero attached hydrogens (tertiary/aromatic N) is 1. The fourth-order valence-corrected chi connectivity index (χ4v) is 2.63. The maximum Gasteiger partial charge on any atom is 0.0208 e. The van der Waals surface area contributed by atoms with E-state index in [1.54, 1.807) is 0 Å². The summed E-state index contributed by atoms with van der Waals surface area (Å²) in [7, 11) is 2.27. The van der Waals surface area contributed by atoms with Gasteiger partial charge in [0, 0.05) is 17.6 Å². The van der Waals surface area contributed by atoms with E-state index in [9.17, 15) is 0 Å². The molecule has 2 fully saturated rings. The van der Waals surface area contributed by atoms with Crippen LogP contribution in [0.5, 0.6) is 0 Å². The molecule has 1 unspecified atom stereocenters. The second-order valence-corrected chi connectivity index (χ2v) is 5.66. The molecule has 0 bridgehead atoms. The molecule has 1 aliphatic carbocycles. The Kier molecular flexibility index (Phi) is 1.97. The van der Waals surface area contributed by atoms with Gasteiger partial charge in [-0.1, -0.05) is 0 Å². The zero-order chi connectivity index (χ0) is 9.69. The highest BCUT2D eigenvalue weighted by Crippen LogP contribution is 2.49. The summed E-state index contributed by atoms with van der Waals surface area (Å²) in [6.07, 6.45) is 5.53. The summed E-state index contributed by atoms with van der Waals surface area (Å²) in [5.41, 5.74) is 6.77. The van der Waals surface area contributed by atoms with E-state index < -0.39 is 0 Å². The van der Waals surface area contributed by atoms with Crippen molar-refractivity contribution in [2.24, 2.45) is 11.7 Å². The highest BCUT2D eigenvalue weighted by molar-refractivity contribution is 5.07. The van der Waals surface area contributed by atoms with Gasteiger partial charge in [-0.2, -0.15) is 0 Å². The molecule has 1 atom stereocenters. The number of likely N-dealkylation sites (tertiary alicyclic amines) is 1. The monoisotopic (exact) mass is 182 g/mol. The van der Waals surface area contributed by atoms with Crippen molar-refractivity contribution in [2.45, 2.75) is 50.6 Å². The Morgan fingerprint density at radius 2 is 1.92 bits per heavy atom. The molecule has 0 aromatic rings. The SMILES string of the molecule is CN1CC(C(C)(C)N)CCC12CC2. The average molecular weight is 182 g/mol. The Morgan fingerprint density at radius 3 is 2.31 bits per heavy atom. The van der Waals surface area contributed by atoms with Gasteiger partial charge in [0.1, 0.15) is 0 Å². The van der Waals surface area contributed by atoms with Crippen molar-refractivity contribution >= 4 is 0 Å². The second-order valence-electron chi connectivity index (χ2n) is 5.66. The first-order chi connectivity index (χ1) is 5.94. The third-order valence-corrected chi connectivity index (χ3v) is 4.14. The lowest BCUT2D eigenvalue weighted by Gasteiger charge is -2.43. The summed E-state index contributed by atoms with van der Waals surface area (Å²) in [6, 6.07) is 0. The Bertz CT molecular complexity index is 201. The van der Waals surface area contributed by atoms with Gasteiger partial charge in [0.15, 0.2) is 0 Å². The zero-order valence-electron chi connectivity index (χ0n) is 9.14. The Labute approximate surface area is 81.5 Å². The maximum absolute atomic E-state index is 6.15. The molecular weight excluding hydrogens is 160 g/mol. The molecule has 0 aromatic heterocycles. The molecule has 0 aromatic carbocycles. The molecule has 13 heavy (non-hydrogen) atoms. The number of rotatable bonds is 1. The van der Waals surface area contributed by atoms with Crippen LogP contribution in [0.25, 0.3) is 0 Å². The van der Waals surface area contributed by atoms with Gasteiger partial charge >= 0.3 is 0 Å². The lowest BCUT2D eigenvalue weighted by molar-refractivity contribution is 0.0872. The van der Waals surface area contributed by atoms with E-state index >= 15 is 0 Å². The molecule has 1 saturated heterocycles. The third-order valence-electron chi connectivity index (χ3n) is 4.14. The molecule has 2 N–H and O–H groups in total. The smallest absolute Gasteiger partial charge is 0.0208 e. The predicted octanol–water partition coefficient (Wildman–Crippen LogP) is 1.60. The van der Waals surface area contributed by atoms with Crippen molar-refractivity contribution in [1.29, 1.82) is 0 Å². The summed E-state index contributed by atoms with van der Waals surface area (Å²) < 4.78 is 0. The second kappa shape index (κ2) is 2.71. The van der Waals surface area contributed by atoms with E-state index in [-0.39, 0.29) is 5.54 Å². The Balaban J connectivity index is 1.99. The first-order valence-electron chi connectivity index (χ1n) is 5.44. The van der Waals surface area contributed by atoms with Gasteiger partial charge in [-0.3, -0.25) is 0 Å². The van der Waals surface area contributed by atoms with Gasteiger partial charge in [-0.15, -0.1) is 0 Å². The summed E-state index contributed by atoms with van der Waals surface area (Å²) in [6.45, 7) is 5.52. The molecule has 0 radical (unpaired) electrons. The van der Waals surface area contributed by atoms with Crippen molar-refractivity contribution in [3.8, 4) is 0 Å². The quantitative estimate of drug-likeness (QED) is 0.667. The molecule has 2 nitrogen and oxygen atoms in total. The average Bonchev–Trinajstić information content (AvgIpc) is 2.74. The van der Waals surface area contributed by atoms with E-state index in [1.807, 2.05) is 0 Å². The van der Waals surface area contributed by atoms with Crippen LogP contribution in [0.15, 0.2) is 0 Å². The normalized spacial score (nSPS) is 33.7. The summed E-state index contributed by atoms with van der Waals surface area (Å²) in [4.78, 5) is 2.55. The summed E-state index contributed by atoms with van der Waals surface area (Å²) >= 11 is 0. The van der Waals surface area contributed by atoms with Crippen LogP contribution in [0.2, 0.25) is 0 Å². The van der Waals surface area contributed by atoms with E-state index in [1.165, 1.54) is 32.2 Å². The molecule has 1 heterocycles. The van der Waals surface area contributed by atoms with E-state index in [2.05, 4.69) is 25.8 Å². The standard InChI is InChI=1S/C11H22N2/c1-10(2,12)9-4-5-11(6-7-11)13(3)8-9/h9H,4-8,12H2,1-3H3. The van der Waals surface area contributed by atoms with Crippen molar-refractivity contribution in [3.63, 3.8) is 0 Å². The Hall–Kier alpha value is -0.0800. The van der Waals surface area contributed by atoms with Crippen LogP contribution in [-0.4, -0.2) is 29.6 Å². The third kappa shape index (κ3) is 1.62. The number of nitrogens with two attached hydrogens (primary N) is 1. The minimum absolute atomic E-state index is 0.00472. The lowest BCUT2D eigenvalue weighted by Crippen LogP contribution is -2.52. The minimum atomic E-state index is 0.00472. The Morgan fingerprint density at radius 1 is 1.31 bits per heavy atom. The van der Waals surface area contributed by atoms with Crippen molar-refractivity contribution in [2.75, 3.05) is 13.6 Å². The molecule has 1 aliphatic heterocycles. The highest BCUT2D eigenvalue weighted by Gasteiger charge is 2.50. The highest BCUT2D eigenvalue weighted by atomic mass is 15.2. The summed E-state index contributed by atoms with van der Waals surface area (Å²) in [5.74, 6) is 0.684. The molecule has 76 valence electrons. The number of hydrogen-bond donors (Lipinski definition) is 1. The van der Waals surface area contributed by atoms with Gasteiger partial charge in [-0.05, 0) is 52.5 Å². The van der Waals surface area contributed by atoms with Crippen LogP contribution in [0.3, 0.4) is 0 Å². The van der Waals surface area contributed by atoms with Crippen molar-refractivity contribution in [3.05, 3.63) is 0 Å². The molecule has 0 amide bonds. The molecule has 2 rings (SSSR count). The van der Waals surface area contributed by atoms with Gasteiger partial charge in [-0.25, -0.2) is 0 Å². The van der Waals surface area contributed by atoms with Crippen molar-refractivity contribution in [1.82, 2.24) is 4.90 Å². The van der Waals surface area contributed by atoms with Crippen LogP contribution in [0.4, 0.5) is 0 Å². The van der Waals surface area contributed by atoms with E-state index in [4.69, 9.17) is 5.73 Å². The fraction of sp³-hybridized carbons (Fsp3) is 1.00. The van der Waals surface area contributed by atoms with E-state index in [0.717, 1.165) is 0 Å². The molecule has 2 aliphatic rings. The zero-order valence-corrected chi connectivity index (χ0v) is 9.14. The van der Waals surface area contributed by atoms with Crippen molar-refractivity contribution < 1.29 is 0 Å². The van der Waals surface area contributed by atoms with Crippen LogP contribution in [0, 0.1) is 5.92 Å². The van der Waals surface area contributed by atoms with Gasteiger partial charge in [0.25, 0.3) is 0 Å².